The van der Waals surface area contributed by atoms with E-state index in [1.807, 2.05) is 67.1 Å². The van der Waals surface area contributed by atoms with Crippen LogP contribution in [0.1, 0.15) is 11.1 Å². The van der Waals surface area contributed by atoms with Crippen molar-refractivity contribution in [3.05, 3.63) is 78.2 Å². The molecule has 0 N–H and O–H groups in total. The van der Waals surface area contributed by atoms with Gasteiger partial charge in [0, 0.05) is 0 Å². The molecule has 0 aliphatic carbocycles. The van der Waals surface area contributed by atoms with Crippen LogP contribution >= 0.6 is 0 Å². The van der Waals surface area contributed by atoms with Gasteiger partial charge in [-0.05, 0) is 11.1 Å². The lowest BCUT2D eigenvalue weighted by atomic mass is 10.2. The summed E-state index contributed by atoms with van der Waals surface area (Å²) in [7, 11) is 0. The minimum absolute atomic E-state index is 0.457. The Morgan fingerprint density at radius 1 is 0.889 bits per heavy atom. The van der Waals surface area contributed by atoms with Gasteiger partial charge in [-0.2, -0.15) is 0 Å². The van der Waals surface area contributed by atoms with E-state index in [0.717, 1.165) is 5.56 Å². The smallest absolute Gasteiger partial charge is 0.108 e. The highest BCUT2D eigenvalue weighted by atomic mass is 16.5. The number of ether oxygens (including phenoxy) is 1. The normalized spacial score (nSPS) is 9.56. The van der Waals surface area contributed by atoms with Crippen LogP contribution < -0.4 is 0 Å². The fourth-order valence-electron chi connectivity index (χ4n) is 1.52. The molecular formula is C17H15O. The third kappa shape index (κ3) is 4.45. The highest BCUT2D eigenvalue weighted by molar-refractivity contribution is 5.32. The minimum Gasteiger partial charge on any atom is -0.364 e. The number of hydrogen-bond acceptors (Lipinski definition) is 1. The summed E-state index contributed by atoms with van der Waals surface area (Å²) in [5.74, 6) is 5.96. The Labute approximate surface area is 108 Å². The van der Waals surface area contributed by atoms with E-state index in [-0.39, 0.29) is 0 Å². The Morgan fingerprint density at radius 2 is 1.56 bits per heavy atom. The summed E-state index contributed by atoms with van der Waals surface area (Å²) in [5.41, 5.74) is 2.29. The van der Waals surface area contributed by atoms with Crippen LogP contribution in [0.25, 0.3) is 0 Å². The molecule has 2 aromatic rings. The predicted molar refractivity (Wildman–Crippen MR) is 73.7 cm³/mol. The van der Waals surface area contributed by atoms with Crippen LogP contribution in [0.15, 0.2) is 60.7 Å². The molecular weight excluding hydrogens is 220 g/mol. The largest absolute Gasteiger partial charge is 0.364 e. The van der Waals surface area contributed by atoms with Gasteiger partial charge in [0.05, 0.1) is 13.0 Å². The molecule has 0 heterocycles. The Morgan fingerprint density at radius 3 is 2.28 bits per heavy atom. The average Bonchev–Trinajstić information content (AvgIpc) is 2.45. The Kier molecular flexibility index (Phi) is 5.05. The third-order valence-electron chi connectivity index (χ3n) is 2.43. The topological polar surface area (TPSA) is 9.23 Å². The molecule has 89 valence electrons. The monoisotopic (exact) mass is 235 g/mol. The Balaban J connectivity index is 1.67. The van der Waals surface area contributed by atoms with E-state index in [9.17, 15) is 0 Å². The zero-order chi connectivity index (χ0) is 12.5. The van der Waals surface area contributed by atoms with E-state index in [1.165, 1.54) is 5.56 Å². The van der Waals surface area contributed by atoms with Crippen LogP contribution in [0.4, 0.5) is 0 Å². The standard InChI is InChI=1S/C17H15O/c1-3-9-16(10-4-1)11-7-8-14-18-15-17-12-5-2-6-13-17/h1-6,9-13H,14-15H2. The maximum absolute atomic E-state index is 5.46. The van der Waals surface area contributed by atoms with Crippen molar-refractivity contribution in [2.45, 2.75) is 6.61 Å². The van der Waals surface area contributed by atoms with Gasteiger partial charge in [-0.15, -0.1) is 0 Å². The van der Waals surface area contributed by atoms with Crippen LogP contribution in [-0.2, 0) is 11.3 Å². The second kappa shape index (κ2) is 7.32. The van der Waals surface area contributed by atoms with Gasteiger partial charge in [-0.3, -0.25) is 0 Å². The number of benzene rings is 2. The van der Waals surface area contributed by atoms with Gasteiger partial charge in [-0.25, -0.2) is 0 Å². The molecule has 1 heteroatoms. The van der Waals surface area contributed by atoms with E-state index in [0.29, 0.717) is 13.2 Å². The van der Waals surface area contributed by atoms with Crippen LogP contribution in [0.2, 0.25) is 0 Å². The molecule has 2 rings (SSSR count). The molecule has 0 saturated heterocycles. The summed E-state index contributed by atoms with van der Waals surface area (Å²) in [6.45, 7) is 1.07. The fourth-order valence-corrected chi connectivity index (χ4v) is 1.52. The van der Waals surface area contributed by atoms with Crippen LogP contribution in [0, 0.1) is 18.3 Å². The van der Waals surface area contributed by atoms with Crippen molar-refractivity contribution < 1.29 is 4.74 Å². The van der Waals surface area contributed by atoms with E-state index in [4.69, 9.17) is 4.74 Å². The zero-order valence-corrected chi connectivity index (χ0v) is 10.2. The summed E-state index contributed by atoms with van der Waals surface area (Å²) < 4.78 is 5.46. The van der Waals surface area contributed by atoms with Gasteiger partial charge >= 0.3 is 0 Å². The lowest BCUT2D eigenvalue weighted by Crippen LogP contribution is -1.92. The summed E-state index contributed by atoms with van der Waals surface area (Å²) in [4.78, 5) is 0. The molecule has 0 aromatic heterocycles. The molecule has 0 atom stereocenters. The maximum Gasteiger partial charge on any atom is 0.108 e. The summed E-state index contributed by atoms with van der Waals surface area (Å²) in [6.07, 6.45) is 1.89. The molecule has 1 nitrogen and oxygen atoms in total. The number of hydrogen-bond donors (Lipinski definition) is 0. The number of rotatable bonds is 4. The molecule has 2 aromatic carbocycles. The van der Waals surface area contributed by atoms with Gasteiger partial charge in [0.25, 0.3) is 0 Å². The highest BCUT2D eigenvalue weighted by Crippen LogP contribution is 2.01. The van der Waals surface area contributed by atoms with Crippen LogP contribution in [0.5, 0.6) is 0 Å². The SMILES string of the molecule is C(#CCOCc1ccccc1)[CH]c1ccccc1. The molecule has 1 radical (unpaired) electrons. The van der Waals surface area contributed by atoms with E-state index < -0.39 is 0 Å². The first kappa shape index (κ1) is 12.4. The fraction of sp³-hybridized carbons (Fsp3) is 0.118. The van der Waals surface area contributed by atoms with Crippen molar-refractivity contribution in [1.82, 2.24) is 0 Å². The first-order valence-electron chi connectivity index (χ1n) is 5.93. The minimum atomic E-state index is 0.457. The van der Waals surface area contributed by atoms with Gasteiger partial charge in [0.15, 0.2) is 0 Å². The van der Waals surface area contributed by atoms with E-state index in [1.54, 1.807) is 0 Å². The third-order valence-corrected chi connectivity index (χ3v) is 2.43. The van der Waals surface area contributed by atoms with E-state index >= 15 is 0 Å². The van der Waals surface area contributed by atoms with Crippen LogP contribution in [-0.4, -0.2) is 6.61 Å². The highest BCUT2D eigenvalue weighted by Gasteiger charge is 1.89. The summed E-state index contributed by atoms with van der Waals surface area (Å²) in [6, 6.07) is 20.2. The van der Waals surface area contributed by atoms with Crippen molar-refractivity contribution in [2.24, 2.45) is 0 Å². The summed E-state index contributed by atoms with van der Waals surface area (Å²) >= 11 is 0. The van der Waals surface area contributed by atoms with Crippen molar-refractivity contribution in [2.75, 3.05) is 6.61 Å². The molecule has 0 bridgehead atoms. The predicted octanol–water partition coefficient (Wildman–Crippen LogP) is 3.46. The molecule has 0 spiro atoms. The Hall–Kier alpha value is -2.04. The molecule has 0 aliphatic heterocycles. The summed E-state index contributed by atoms with van der Waals surface area (Å²) in [5, 5.41) is 0. The van der Waals surface area contributed by atoms with Gasteiger partial charge in [0.2, 0.25) is 0 Å². The van der Waals surface area contributed by atoms with Crippen LogP contribution in [0.3, 0.4) is 0 Å². The molecule has 0 amide bonds. The van der Waals surface area contributed by atoms with Gasteiger partial charge in [0.1, 0.15) is 6.61 Å². The molecule has 0 saturated carbocycles. The zero-order valence-electron chi connectivity index (χ0n) is 10.2. The molecule has 0 aliphatic rings. The van der Waals surface area contributed by atoms with Crippen molar-refractivity contribution in [1.29, 1.82) is 0 Å². The molecule has 18 heavy (non-hydrogen) atoms. The maximum atomic E-state index is 5.46. The average molecular weight is 235 g/mol. The van der Waals surface area contributed by atoms with Crippen molar-refractivity contribution in [3.63, 3.8) is 0 Å². The quantitative estimate of drug-likeness (QED) is 0.582. The lowest BCUT2D eigenvalue weighted by molar-refractivity contribution is 0.153. The first-order chi connectivity index (χ1) is 8.95. The van der Waals surface area contributed by atoms with E-state index in [2.05, 4.69) is 11.8 Å². The van der Waals surface area contributed by atoms with Gasteiger partial charge in [-0.1, -0.05) is 72.5 Å². The van der Waals surface area contributed by atoms with Crippen molar-refractivity contribution in [3.8, 4) is 11.8 Å². The second-order valence-electron chi connectivity index (χ2n) is 3.85. The second-order valence-corrected chi connectivity index (χ2v) is 3.85. The molecule has 0 unspecified atom stereocenters. The molecule has 0 fully saturated rings. The van der Waals surface area contributed by atoms with Gasteiger partial charge < -0.3 is 4.74 Å². The Bertz CT molecular complexity index is 506. The van der Waals surface area contributed by atoms with Crippen molar-refractivity contribution >= 4 is 0 Å². The lowest BCUT2D eigenvalue weighted by Gasteiger charge is -1.99. The first-order valence-corrected chi connectivity index (χ1v) is 5.93.